The lowest BCUT2D eigenvalue weighted by atomic mass is 10.1. The van der Waals surface area contributed by atoms with Gasteiger partial charge >= 0.3 is 0 Å². The van der Waals surface area contributed by atoms with Gasteiger partial charge in [-0.2, -0.15) is 0 Å². The Kier molecular flexibility index (Phi) is 4.73. The Morgan fingerprint density at radius 1 is 1.29 bits per heavy atom. The molecule has 0 aliphatic heterocycles. The minimum Gasteiger partial charge on any atom is -0.373 e. The fraction of sp³-hybridized carbons (Fsp3) is 0.375. The van der Waals surface area contributed by atoms with Crippen molar-refractivity contribution < 1.29 is 4.39 Å². The van der Waals surface area contributed by atoms with Crippen molar-refractivity contribution in [3.05, 3.63) is 47.5 Å². The molecule has 2 aromatic rings. The third kappa shape index (κ3) is 2.96. The molecule has 0 radical (unpaired) electrons. The molecule has 1 aromatic heterocycles. The average molecular weight is 288 g/mol. The van der Waals surface area contributed by atoms with E-state index >= 15 is 0 Å². The van der Waals surface area contributed by atoms with Gasteiger partial charge in [0.15, 0.2) is 0 Å². The van der Waals surface area contributed by atoms with Crippen molar-refractivity contribution >= 4 is 11.6 Å². The zero-order valence-corrected chi connectivity index (χ0v) is 12.9. The molecule has 1 heterocycles. The number of rotatable bonds is 5. The molecule has 0 saturated carbocycles. The summed E-state index contributed by atoms with van der Waals surface area (Å²) < 4.78 is 14.0. The monoisotopic (exact) mass is 288 g/mol. The van der Waals surface area contributed by atoms with E-state index in [1.54, 1.807) is 6.07 Å². The molecule has 21 heavy (non-hydrogen) atoms. The number of hydrogen-bond donors (Lipinski definition) is 1. The van der Waals surface area contributed by atoms with Crippen LogP contribution in [0.25, 0.3) is 0 Å². The molecule has 1 aromatic carbocycles. The molecule has 0 fully saturated rings. The van der Waals surface area contributed by atoms with Gasteiger partial charge in [0.2, 0.25) is 0 Å². The fourth-order valence-corrected chi connectivity index (χ4v) is 2.45. The Labute approximate surface area is 125 Å². The van der Waals surface area contributed by atoms with Gasteiger partial charge in [-0.05, 0) is 19.4 Å². The van der Waals surface area contributed by atoms with Gasteiger partial charge in [0.05, 0.1) is 6.04 Å². The first-order valence-electron chi connectivity index (χ1n) is 7.09. The van der Waals surface area contributed by atoms with Gasteiger partial charge in [-0.15, -0.1) is 0 Å². The summed E-state index contributed by atoms with van der Waals surface area (Å²) in [5, 5.41) is 3.08. The summed E-state index contributed by atoms with van der Waals surface area (Å²) in [5.41, 5.74) is 1.69. The lowest BCUT2D eigenvalue weighted by Crippen LogP contribution is -2.25. The molecule has 0 saturated heterocycles. The van der Waals surface area contributed by atoms with Gasteiger partial charge in [-0.1, -0.05) is 25.1 Å². The number of halogens is 1. The first-order chi connectivity index (χ1) is 10.1. The predicted molar refractivity (Wildman–Crippen MR) is 84.2 cm³/mol. The summed E-state index contributed by atoms with van der Waals surface area (Å²) in [6, 6.07) is 6.73. The van der Waals surface area contributed by atoms with Gasteiger partial charge in [0.1, 0.15) is 23.8 Å². The van der Waals surface area contributed by atoms with Gasteiger partial charge in [-0.3, -0.25) is 0 Å². The third-order valence-corrected chi connectivity index (χ3v) is 3.78. The Morgan fingerprint density at radius 2 is 2.00 bits per heavy atom. The lowest BCUT2D eigenvalue weighted by molar-refractivity contribution is 0.583. The van der Waals surface area contributed by atoms with Crippen LogP contribution in [0.5, 0.6) is 0 Å². The van der Waals surface area contributed by atoms with E-state index in [0.29, 0.717) is 5.56 Å². The van der Waals surface area contributed by atoms with Crippen LogP contribution in [0, 0.1) is 5.82 Å². The van der Waals surface area contributed by atoms with E-state index < -0.39 is 0 Å². The topological polar surface area (TPSA) is 41.1 Å². The average Bonchev–Trinajstić information content (AvgIpc) is 2.53. The van der Waals surface area contributed by atoms with Crippen LogP contribution in [0.3, 0.4) is 0 Å². The van der Waals surface area contributed by atoms with Crippen molar-refractivity contribution in [2.24, 2.45) is 0 Å². The molecule has 0 bridgehead atoms. The first kappa shape index (κ1) is 15.2. The molecule has 0 aliphatic carbocycles. The highest BCUT2D eigenvalue weighted by Crippen LogP contribution is 2.30. The van der Waals surface area contributed by atoms with Crippen molar-refractivity contribution in [2.75, 3.05) is 24.3 Å². The largest absolute Gasteiger partial charge is 0.373 e. The second-order valence-corrected chi connectivity index (χ2v) is 4.94. The molecule has 0 aliphatic rings. The van der Waals surface area contributed by atoms with Gasteiger partial charge in [0.25, 0.3) is 0 Å². The Hall–Kier alpha value is -2.17. The highest BCUT2D eigenvalue weighted by molar-refractivity contribution is 5.59. The smallest absolute Gasteiger partial charge is 0.137 e. The van der Waals surface area contributed by atoms with Crippen LogP contribution in [0.1, 0.15) is 31.0 Å². The second-order valence-electron chi connectivity index (χ2n) is 4.94. The second kappa shape index (κ2) is 6.52. The molecule has 4 nitrogen and oxygen atoms in total. The van der Waals surface area contributed by atoms with Crippen LogP contribution in [0.4, 0.5) is 16.0 Å². The molecule has 1 atom stereocenters. The van der Waals surface area contributed by atoms with Crippen molar-refractivity contribution in [3.63, 3.8) is 0 Å². The van der Waals surface area contributed by atoms with Crippen LogP contribution < -0.4 is 10.2 Å². The number of aromatic nitrogens is 2. The van der Waals surface area contributed by atoms with Crippen LogP contribution >= 0.6 is 0 Å². The van der Waals surface area contributed by atoms with Crippen molar-refractivity contribution in [3.8, 4) is 0 Å². The molecular weight excluding hydrogens is 267 g/mol. The number of anilines is 2. The Balaban J connectivity index is 2.40. The Bertz CT molecular complexity index is 615. The highest BCUT2D eigenvalue weighted by atomic mass is 19.1. The normalized spacial score (nSPS) is 12.0. The quantitative estimate of drug-likeness (QED) is 0.915. The van der Waals surface area contributed by atoms with E-state index in [2.05, 4.69) is 22.2 Å². The third-order valence-electron chi connectivity index (χ3n) is 3.78. The summed E-state index contributed by atoms with van der Waals surface area (Å²) >= 11 is 0. The SMILES string of the molecule is CCc1c(NC)ncnc1N(C)C(C)c1ccccc1F. The lowest BCUT2D eigenvalue weighted by Gasteiger charge is -2.28. The van der Waals surface area contributed by atoms with E-state index in [1.807, 2.05) is 38.1 Å². The van der Waals surface area contributed by atoms with Crippen LogP contribution in [0.2, 0.25) is 0 Å². The van der Waals surface area contributed by atoms with Crippen molar-refractivity contribution in [1.29, 1.82) is 0 Å². The Morgan fingerprint density at radius 3 is 2.62 bits per heavy atom. The zero-order valence-electron chi connectivity index (χ0n) is 12.9. The zero-order chi connectivity index (χ0) is 15.4. The number of nitrogens with zero attached hydrogens (tertiary/aromatic N) is 3. The number of hydrogen-bond acceptors (Lipinski definition) is 4. The van der Waals surface area contributed by atoms with Crippen molar-refractivity contribution in [1.82, 2.24) is 9.97 Å². The molecule has 5 heteroatoms. The van der Waals surface area contributed by atoms with E-state index in [0.717, 1.165) is 23.6 Å². The highest BCUT2D eigenvalue weighted by Gasteiger charge is 2.20. The van der Waals surface area contributed by atoms with Gasteiger partial charge in [0, 0.05) is 25.2 Å². The summed E-state index contributed by atoms with van der Waals surface area (Å²) in [7, 11) is 3.77. The van der Waals surface area contributed by atoms with E-state index in [1.165, 1.54) is 12.4 Å². The van der Waals surface area contributed by atoms with Crippen molar-refractivity contribution in [2.45, 2.75) is 26.3 Å². The minimum absolute atomic E-state index is 0.115. The number of nitrogens with one attached hydrogen (secondary N) is 1. The summed E-state index contributed by atoms with van der Waals surface area (Å²) in [6.07, 6.45) is 2.34. The molecule has 0 amide bonds. The van der Waals surface area contributed by atoms with Gasteiger partial charge in [-0.25, -0.2) is 14.4 Å². The van der Waals surface area contributed by atoms with E-state index in [4.69, 9.17) is 0 Å². The summed E-state index contributed by atoms with van der Waals surface area (Å²) in [6.45, 7) is 4.03. The first-order valence-corrected chi connectivity index (χ1v) is 7.09. The van der Waals surface area contributed by atoms with Crippen LogP contribution in [0.15, 0.2) is 30.6 Å². The van der Waals surface area contributed by atoms with Crippen LogP contribution in [-0.2, 0) is 6.42 Å². The maximum atomic E-state index is 14.0. The summed E-state index contributed by atoms with van der Waals surface area (Å²) in [5.74, 6) is 1.44. The number of benzene rings is 1. The fourth-order valence-electron chi connectivity index (χ4n) is 2.45. The predicted octanol–water partition coefficient (Wildman–Crippen LogP) is 3.42. The molecule has 2 rings (SSSR count). The summed E-state index contributed by atoms with van der Waals surface area (Å²) in [4.78, 5) is 10.6. The maximum absolute atomic E-state index is 14.0. The molecular formula is C16H21FN4. The molecule has 112 valence electrons. The minimum atomic E-state index is -0.196. The molecule has 1 N–H and O–H groups in total. The molecule has 1 unspecified atom stereocenters. The maximum Gasteiger partial charge on any atom is 0.137 e. The van der Waals surface area contributed by atoms with E-state index in [9.17, 15) is 4.39 Å². The van der Waals surface area contributed by atoms with Crippen LogP contribution in [-0.4, -0.2) is 24.1 Å². The van der Waals surface area contributed by atoms with E-state index in [-0.39, 0.29) is 11.9 Å². The van der Waals surface area contributed by atoms with Gasteiger partial charge < -0.3 is 10.2 Å². The standard InChI is InChI=1S/C16H21FN4/c1-5-12-15(18-3)19-10-20-16(12)21(4)11(2)13-8-6-7-9-14(13)17/h6-11H,5H2,1-4H3,(H,18,19,20). The molecule has 0 spiro atoms.